The largest absolute Gasteiger partial charge is 0.378 e. The van der Waals surface area contributed by atoms with Gasteiger partial charge in [0.05, 0.1) is 5.02 Å². The Bertz CT molecular complexity index is 820. The third-order valence-corrected chi connectivity index (χ3v) is 3.46. The predicted octanol–water partition coefficient (Wildman–Crippen LogP) is 2.59. The zero-order valence-corrected chi connectivity index (χ0v) is 12.7. The highest BCUT2D eigenvalue weighted by atomic mass is 35.5. The quantitative estimate of drug-likeness (QED) is 0.771. The molecular weight excluding hydrogens is 316 g/mol. The van der Waals surface area contributed by atoms with Gasteiger partial charge in [0, 0.05) is 18.5 Å². The average molecular weight is 329 g/mol. The van der Waals surface area contributed by atoms with Crippen molar-refractivity contribution in [3.8, 4) is 5.82 Å². The smallest absolute Gasteiger partial charge is 0.259 e. The van der Waals surface area contributed by atoms with Gasteiger partial charge in [0.25, 0.3) is 5.91 Å². The topological polar surface area (TPSA) is 80.0 Å². The van der Waals surface area contributed by atoms with Crippen molar-refractivity contribution in [1.29, 1.82) is 0 Å². The summed E-state index contributed by atoms with van der Waals surface area (Å²) < 4.78 is 1.45. The van der Waals surface area contributed by atoms with Crippen LogP contribution in [-0.2, 0) is 4.79 Å². The molecule has 116 valence electrons. The first kappa shape index (κ1) is 15.2. The molecule has 1 amide bonds. The summed E-state index contributed by atoms with van der Waals surface area (Å²) in [4.78, 5) is 16.2. The van der Waals surface area contributed by atoms with E-state index in [-0.39, 0.29) is 0 Å². The van der Waals surface area contributed by atoms with Crippen LogP contribution in [0.25, 0.3) is 5.82 Å². The summed E-state index contributed by atoms with van der Waals surface area (Å²) in [7, 11) is 0. The van der Waals surface area contributed by atoms with Crippen molar-refractivity contribution in [1.82, 2.24) is 14.8 Å². The lowest BCUT2D eigenvalue weighted by Gasteiger charge is -2.10. The maximum atomic E-state index is 12.1. The Morgan fingerprint density at radius 3 is 2.70 bits per heavy atom. The fourth-order valence-corrected chi connectivity index (χ4v) is 2.24. The maximum absolute atomic E-state index is 12.1. The van der Waals surface area contributed by atoms with Crippen molar-refractivity contribution < 1.29 is 9.90 Å². The number of hydrogen-bond acceptors (Lipinski definition) is 4. The van der Waals surface area contributed by atoms with Crippen molar-refractivity contribution in [2.24, 2.45) is 0 Å². The summed E-state index contributed by atoms with van der Waals surface area (Å²) in [6, 6.07) is 13.7. The van der Waals surface area contributed by atoms with Gasteiger partial charge in [0.15, 0.2) is 17.7 Å². The van der Waals surface area contributed by atoms with Crippen LogP contribution in [0.2, 0.25) is 5.02 Å². The van der Waals surface area contributed by atoms with E-state index in [2.05, 4.69) is 15.4 Å². The zero-order chi connectivity index (χ0) is 16.2. The van der Waals surface area contributed by atoms with Gasteiger partial charge in [-0.05, 0) is 17.7 Å². The van der Waals surface area contributed by atoms with Gasteiger partial charge in [-0.15, -0.1) is 5.10 Å². The van der Waals surface area contributed by atoms with E-state index in [1.54, 1.807) is 54.9 Å². The molecule has 0 radical (unpaired) electrons. The standard InChI is InChI=1S/C16H13ClN4O2/c17-12-7-4-9-18-15(12)21-10-8-13(20-21)19-16(23)14(22)11-5-2-1-3-6-11/h1-10,14,22H,(H,19,20,23). The number of carbonyl (C=O) groups excluding carboxylic acids is 1. The molecule has 2 aromatic heterocycles. The van der Waals surface area contributed by atoms with E-state index in [9.17, 15) is 9.90 Å². The first-order valence-electron chi connectivity index (χ1n) is 6.85. The van der Waals surface area contributed by atoms with Crippen LogP contribution in [-0.4, -0.2) is 25.8 Å². The number of aromatic nitrogens is 3. The molecule has 7 heteroatoms. The van der Waals surface area contributed by atoms with E-state index in [4.69, 9.17) is 11.6 Å². The lowest BCUT2D eigenvalue weighted by molar-refractivity contribution is -0.124. The Labute approximate surface area is 137 Å². The van der Waals surface area contributed by atoms with E-state index in [1.165, 1.54) is 4.68 Å². The van der Waals surface area contributed by atoms with Gasteiger partial charge < -0.3 is 10.4 Å². The molecule has 0 fully saturated rings. The Morgan fingerprint density at radius 2 is 1.96 bits per heavy atom. The zero-order valence-electron chi connectivity index (χ0n) is 11.9. The van der Waals surface area contributed by atoms with Crippen LogP contribution in [0.3, 0.4) is 0 Å². The second-order valence-corrected chi connectivity index (χ2v) is 5.16. The lowest BCUT2D eigenvalue weighted by Crippen LogP contribution is -2.21. The second-order valence-electron chi connectivity index (χ2n) is 4.76. The van der Waals surface area contributed by atoms with E-state index >= 15 is 0 Å². The van der Waals surface area contributed by atoms with Gasteiger partial charge in [-0.3, -0.25) is 4.79 Å². The Hall–Kier alpha value is -2.70. The molecule has 0 spiro atoms. The molecule has 3 aromatic rings. The number of benzene rings is 1. The van der Waals surface area contributed by atoms with Crippen LogP contribution < -0.4 is 5.32 Å². The number of hydrogen-bond donors (Lipinski definition) is 2. The maximum Gasteiger partial charge on any atom is 0.259 e. The molecule has 3 rings (SSSR count). The molecule has 23 heavy (non-hydrogen) atoms. The molecule has 0 bridgehead atoms. The van der Waals surface area contributed by atoms with E-state index in [0.29, 0.717) is 22.2 Å². The molecule has 0 saturated heterocycles. The predicted molar refractivity (Wildman–Crippen MR) is 86.4 cm³/mol. The van der Waals surface area contributed by atoms with Crippen LogP contribution in [0.15, 0.2) is 60.9 Å². The molecule has 6 nitrogen and oxygen atoms in total. The SMILES string of the molecule is O=C(Nc1ccn(-c2ncccc2Cl)n1)C(O)c1ccccc1. The number of halogens is 1. The molecule has 0 saturated carbocycles. The summed E-state index contributed by atoms with van der Waals surface area (Å²) >= 11 is 6.05. The van der Waals surface area contributed by atoms with Crippen LogP contribution in [0.1, 0.15) is 11.7 Å². The Kier molecular flexibility index (Phi) is 4.36. The van der Waals surface area contributed by atoms with Crippen LogP contribution >= 0.6 is 11.6 Å². The summed E-state index contributed by atoms with van der Waals surface area (Å²) in [5.41, 5.74) is 0.511. The number of aliphatic hydroxyl groups excluding tert-OH is 1. The molecule has 1 aromatic carbocycles. The first-order valence-corrected chi connectivity index (χ1v) is 7.23. The number of pyridine rings is 1. The van der Waals surface area contributed by atoms with E-state index in [0.717, 1.165) is 0 Å². The molecule has 1 unspecified atom stereocenters. The third kappa shape index (κ3) is 3.39. The molecule has 2 heterocycles. The molecule has 1 atom stereocenters. The van der Waals surface area contributed by atoms with Gasteiger partial charge in [0.2, 0.25) is 0 Å². The van der Waals surface area contributed by atoms with Gasteiger partial charge >= 0.3 is 0 Å². The van der Waals surface area contributed by atoms with Gasteiger partial charge in [0.1, 0.15) is 0 Å². The van der Waals surface area contributed by atoms with E-state index in [1.807, 2.05) is 6.07 Å². The van der Waals surface area contributed by atoms with Crippen molar-refractivity contribution in [3.63, 3.8) is 0 Å². The summed E-state index contributed by atoms with van der Waals surface area (Å²) in [6.07, 6.45) is 1.96. The minimum atomic E-state index is -1.26. The fourth-order valence-electron chi connectivity index (χ4n) is 2.04. The highest BCUT2D eigenvalue weighted by Gasteiger charge is 2.18. The number of amides is 1. The number of nitrogens with one attached hydrogen (secondary N) is 1. The van der Waals surface area contributed by atoms with Crippen LogP contribution in [0.4, 0.5) is 5.82 Å². The van der Waals surface area contributed by atoms with Gasteiger partial charge in [-0.2, -0.15) is 0 Å². The monoisotopic (exact) mass is 328 g/mol. The number of nitrogens with zero attached hydrogens (tertiary/aromatic N) is 3. The number of anilines is 1. The molecule has 0 aliphatic carbocycles. The summed E-state index contributed by atoms with van der Waals surface area (Å²) in [5, 5.41) is 17.2. The minimum absolute atomic E-state index is 0.298. The number of carbonyl (C=O) groups is 1. The van der Waals surface area contributed by atoms with Crippen molar-refractivity contribution in [3.05, 3.63) is 71.5 Å². The summed E-state index contributed by atoms with van der Waals surface area (Å²) in [5.74, 6) is 0.193. The van der Waals surface area contributed by atoms with Crippen LogP contribution in [0.5, 0.6) is 0 Å². The van der Waals surface area contributed by atoms with Crippen molar-refractivity contribution in [2.45, 2.75) is 6.10 Å². The minimum Gasteiger partial charge on any atom is -0.378 e. The highest BCUT2D eigenvalue weighted by molar-refractivity contribution is 6.32. The van der Waals surface area contributed by atoms with Crippen LogP contribution in [0, 0.1) is 0 Å². The summed E-state index contributed by atoms with van der Waals surface area (Å²) in [6.45, 7) is 0. The van der Waals surface area contributed by atoms with Crippen molar-refractivity contribution in [2.75, 3.05) is 5.32 Å². The van der Waals surface area contributed by atoms with E-state index < -0.39 is 12.0 Å². The number of rotatable bonds is 4. The first-order chi connectivity index (χ1) is 11.1. The third-order valence-electron chi connectivity index (χ3n) is 3.16. The highest BCUT2D eigenvalue weighted by Crippen LogP contribution is 2.18. The fraction of sp³-hybridized carbons (Fsp3) is 0.0625. The second kappa shape index (κ2) is 6.60. The molecular formula is C16H13ClN4O2. The molecule has 2 N–H and O–H groups in total. The molecule has 0 aliphatic rings. The number of aliphatic hydroxyl groups is 1. The molecule has 0 aliphatic heterocycles. The van der Waals surface area contributed by atoms with Crippen molar-refractivity contribution >= 4 is 23.3 Å². The Morgan fingerprint density at radius 1 is 1.17 bits per heavy atom. The normalized spacial score (nSPS) is 11.9. The van der Waals surface area contributed by atoms with Gasteiger partial charge in [-0.25, -0.2) is 9.67 Å². The lowest BCUT2D eigenvalue weighted by atomic mass is 10.1. The average Bonchev–Trinajstić information content (AvgIpc) is 3.03. The Balaban J connectivity index is 1.74. The van der Waals surface area contributed by atoms with Gasteiger partial charge in [-0.1, -0.05) is 41.9 Å².